The first-order valence-corrected chi connectivity index (χ1v) is 9.58. The van der Waals surface area contributed by atoms with E-state index in [9.17, 15) is 14.0 Å². The highest BCUT2D eigenvalue weighted by Crippen LogP contribution is 2.31. The Morgan fingerprint density at radius 1 is 1.32 bits per heavy atom. The van der Waals surface area contributed by atoms with Gasteiger partial charge in [0.05, 0.1) is 28.9 Å². The molecule has 2 amide bonds. The zero-order chi connectivity index (χ0) is 19.8. The van der Waals surface area contributed by atoms with Gasteiger partial charge in [0.15, 0.2) is 5.13 Å². The first-order valence-electron chi connectivity index (χ1n) is 8.76. The average Bonchev–Trinajstić information content (AvgIpc) is 3.24. The van der Waals surface area contributed by atoms with Crippen molar-refractivity contribution >= 4 is 44.2 Å². The number of carbonyl (C=O) groups is 2. The van der Waals surface area contributed by atoms with Gasteiger partial charge in [-0.3, -0.25) is 9.59 Å². The minimum absolute atomic E-state index is 0.0396. The Hall–Kier alpha value is -3.00. The Labute approximate surface area is 164 Å². The number of carbonyl (C=O) groups excluding carboxylic acids is 2. The molecular weight excluding hydrogens is 381 g/mol. The molecule has 1 aliphatic heterocycles. The van der Waals surface area contributed by atoms with Gasteiger partial charge in [0.2, 0.25) is 11.8 Å². The summed E-state index contributed by atoms with van der Waals surface area (Å²) in [6, 6.07) is 10.2. The van der Waals surface area contributed by atoms with E-state index in [0.717, 1.165) is 15.8 Å². The lowest BCUT2D eigenvalue weighted by molar-refractivity contribution is -0.122. The van der Waals surface area contributed by atoms with Gasteiger partial charge >= 0.3 is 0 Å². The van der Waals surface area contributed by atoms with Crippen molar-refractivity contribution in [2.24, 2.45) is 5.92 Å². The van der Waals surface area contributed by atoms with Crippen molar-refractivity contribution in [2.75, 3.05) is 23.9 Å². The third kappa shape index (κ3) is 3.43. The fraction of sp³-hybridized carbons (Fsp3) is 0.250. The molecule has 28 heavy (non-hydrogen) atoms. The monoisotopic (exact) mass is 399 g/mol. The highest BCUT2D eigenvalue weighted by atomic mass is 32.1. The standard InChI is InChI=1S/C20H18FN3O3S/c1-11-3-6-16(14(21)7-11)24-10-12(8-18(24)25)19(26)23-20-22-15-5-4-13(27-2)9-17(15)28-20/h3-7,9,12H,8,10H2,1-2H3,(H,22,23,26). The Morgan fingerprint density at radius 3 is 2.89 bits per heavy atom. The molecule has 0 bridgehead atoms. The highest BCUT2D eigenvalue weighted by molar-refractivity contribution is 7.22. The van der Waals surface area contributed by atoms with E-state index >= 15 is 0 Å². The first kappa shape index (κ1) is 18.4. The van der Waals surface area contributed by atoms with Crippen LogP contribution in [0.2, 0.25) is 0 Å². The van der Waals surface area contributed by atoms with Gasteiger partial charge in [-0.2, -0.15) is 0 Å². The summed E-state index contributed by atoms with van der Waals surface area (Å²) in [6.45, 7) is 1.92. The molecule has 1 unspecified atom stereocenters. The highest BCUT2D eigenvalue weighted by Gasteiger charge is 2.36. The summed E-state index contributed by atoms with van der Waals surface area (Å²) in [7, 11) is 1.59. The van der Waals surface area contributed by atoms with Gasteiger partial charge in [-0.25, -0.2) is 9.37 Å². The van der Waals surface area contributed by atoms with Crippen molar-refractivity contribution in [1.82, 2.24) is 4.98 Å². The van der Waals surface area contributed by atoms with Gasteiger partial charge in [-0.1, -0.05) is 17.4 Å². The second-order valence-corrected chi connectivity index (χ2v) is 7.73. The average molecular weight is 399 g/mol. The molecule has 144 valence electrons. The van der Waals surface area contributed by atoms with Crippen LogP contribution in [0, 0.1) is 18.7 Å². The predicted molar refractivity (Wildman–Crippen MR) is 106 cm³/mol. The quantitative estimate of drug-likeness (QED) is 0.725. The summed E-state index contributed by atoms with van der Waals surface area (Å²) in [5.41, 5.74) is 1.74. The molecule has 6 nitrogen and oxygen atoms in total. The number of amides is 2. The van der Waals surface area contributed by atoms with E-state index in [0.29, 0.717) is 10.9 Å². The Balaban J connectivity index is 1.49. The van der Waals surface area contributed by atoms with Gasteiger partial charge in [0, 0.05) is 13.0 Å². The molecule has 1 N–H and O–H groups in total. The third-order valence-electron chi connectivity index (χ3n) is 4.72. The van der Waals surface area contributed by atoms with Crippen LogP contribution in [0.3, 0.4) is 0 Å². The van der Waals surface area contributed by atoms with Crippen LogP contribution in [0.4, 0.5) is 15.2 Å². The van der Waals surface area contributed by atoms with Gasteiger partial charge < -0.3 is 15.0 Å². The summed E-state index contributed by atoms with van der Waals surface area (Å²) >= 11 is 1.33. The number of hydrogen-bond donors (Lipinski definition) is 1. The number of anilines is 2. The minimum atomic E-state index is -0.560. The lowest BCUT2D eigenvalue weighted by Crippen LogP contribution is -2.28. The van der Waals surface area contributed by atoms with E-state index in [1.54, 1.807) is 32.2 Å². The number of benzene rings is 2. The summed E-state index contributed by atoms with van der Waals surface area (Å²) in [5.74, 6) is -0.873. The van der Waals surface area contributed by atoms with E-state index in [1.165, 1.54) is 22.3 Å². The smallest absolute Gasteiger partial charge is 0.231 e. The van der Waals surface area contributed by atoms with Gasteiger partial charge in [0.1, 0.15) is 11.6 Å². The number of methoxy groups -OCH3 is 1. The maximum Gasteiger partial charge on any atom is 0.231 e. The van der Waals surface area contributed by atoms with Crippen LogP contribution in [0.5, 0.6) is 5.75 Å². The van der Waals surface area contributed by atoms with E-state index in [1.807, 2.05) is 12.1 Å². The largest absolute Gasteiger partial charge is 0.497 e. The molecule has 0 aliphatic carbocycles. The van der Waals surface area contributed by atoms with Gasteiger partial charge in [0.25, 0.3) is 0 Å². The minimum Gasteiger partial charge on any atom is -0.497 e. The molecule has 1 atom stereocenters. The van der Waals surface area contributed by atoms with Crippen molar-refractivity contribution in [3.63, 3.8) is 0 Å². The molecule has 1 aliphatic rings. The number of ether oxygens (including phenoxy) is 1. The van der Waals surface area contributed by atoms with E-state index in [-0.39, 0.29) is 30.5 Å². The van der Waals surface area contributed by atoms with Gasteiger partial charge in [-0.15, -0.1) is 0 Å². The van der Waals surface area contributed by atoms with E-state index in [4.69, 9.17) is 4.74 Å². The summed E-state index contributed by atoms with van der Waals surface area (Å²) in [6.07, 6.45) is 0.0396. The molecule has 1 aromatic heterocycles. The number of nitrogens with one attached hydrogen (secondary N) is 1. The second kappa shape index (κ2) is 7.20. The molecule has 1 saturated heterocycles. The normalized spacial score (nSPS) is 16.6. The topological polar surface area (TPSA) is 71.5 Å². The number of halogens is 1. The number of thiazole rings is 1. The maximum absolute atomic E-state index is 14.2. The second-order valence-electron chi connectivity index (χ2n) is 6.70. The summed E-state index contributed by atoms with van der Waals surface area (Å²) in [5, 5.41) is 3.24. The molecule has 0 radical (unpaired) electrons. The van der Waals surface area contributed by atoms with Crippen LogP contribution in [0.1, 0.15) is 12.0 Å². The lowest BCUT2D eigenvalue weighted by atomic mass is 10.1. The fourth-order valence-corrected chi connectivity index (χ4v) is 4.14. The van der Waals surface area contributed by atoms with Crippen molar-refractivity contribution < 1.29 is 18.7 Å². The molecule has 3 aromatic rings. The maximum atomic E-state index is 14.2. The number of aryl methyl sites for hydroxylation is 1. The summed E-state index contributed by atoms with van der Waals surface area (Å²) < 4.78 is 20.3. The Bertz CT molecular complexity index is 1080. The molecule has 1 fully saturated rings. The van der Waals surface area contributed by atoms with Crippen LogP contribution in [0.15, 0.2) is 36.4 Å². The number of fused-ring (bicyclic) bond motifs is 1. The SMILES string of the molecule is COc1ccc2nc(NC(=O)C3CC(=O)N(c4ccc(C)cc4F)C3)sc2c1. The Kier molecular flexibility index (Phi) is 4.72. The molecule has 8 heteroatoms. The Morgan fingerprint density at radius 2 is 2.14 bits per heavy atom. The molecule has 2 heterocycles. The van der Waals surface area contributed by atoms with Gasteiger partial charge in [-0.05, 0) is 42.8 Å². The van der Waals surface area contributed by atoms with Crippen molar-refractivity contribution in [2.45, 2.75) is 13.3 Å². The number of nitrogens with zero attached hydrogens (tertiary/aromatic N) is 2. The van der Waals surface area contributed by atoms with Crippen LogP contribution in [-0.2, 0) is 9.59 Å². The third-order valence-corrected chi connectivity index (χ3v) is 5.65. The fourth-order valence-electron chi connectivity index (χ4n) is 3.24. The molecule has 0 saturated carbocycles. The number of aromatic nitrogens is 1. The molecule has 4 rings (SSSR count). The first-order chi connectivity index (χ1) is 13.4. The predicted octanol–water partition coefficient (Wildman–Crippen LogP) is 3.74. The number of rotatable bonds is 4. The molecule has 0 spiro atoms. The zero-order valence-corrected chi connectivity index (χ0v) is 16.2. The van der Waals surface area contributed by atoms with Crippen molar-refractivity contribution in [1.29, 1.82) is 0 Å². The number of hydrogen-bond acceptors (Lipinski definition) is 5. The van der Waals surface area contributed by atoms with E-state index in [2.05, 4.69) is 10.3 Å². The molecular formula is C20H18FN3O3S. The van der Waals surface area contributed by atoms with E-state index < -0.39 is 11.7 Å². The van der Waals surface area contributed by atoms with Crippen LogP contribution >= 0.6 is 11.3 Å². The summed E-state index contributed by atoms with van der Waals surface area (Å²) in [4.78, 5) is 30.7. The molecule has 2 aromatic carbocycles. The van der Waals surface area contributed by atoms with Crippen LogP contribution < -0.4 is 15.0 Å². The lowest BCUT2D eigenvalue weighted by Gasteiger charge is -2.17. The van der Waals surface area contributed by atoms with Crippen LogP contribution in [-0.4, -0.2) is 30.5 Å². The van der Waals surface area contributed by atoms with Crippen molar-refractivity contribution in [3.8, 4) is 5.75 Å². The zero-order valence-electron chi connectivity index (χ0n) is 15.4. The van der Waals surface area contributed by atoms with Crippen LogP contribution in [0.25, 0.3) is 10.2 Å². The van der Waals surface area contributed by atoms with Crippen molar-refractivity contribution in [3.05, 3.63) is 47.8 Å².